The number of piperidine rings is 1. The highest BCUT2D eigenvalue weighted by atomic mass is 16.4. The van der Waals surface area contributed by atoms with Crippen LogP contribution in [0.15, 0.2) is 0 Å². The summed E-state index contributed by atoms with van der Waals surface area (Å²) in [6.45, 7) is 8.70. The summed E-state index contributed by atoms with van der Waals surface area (Å²) in [5, 5.41) is 11.9. The lowest BCUT2D eigenvalue weighted by molar-refractivity contribution is -0.143. The van der Waals surface area contributed by atoms with Gasteiger partial charge in [0.05, 0.1) is 5.92 Å². The highest BCUT2D eigenvalue weighted by Crippen LogP contribution is 2.16. The topological polar surface area (TPSA) is 72.9 Å². The van der Waals surface area contributed by atoms with Crippen molar-refractivity contribution >= 4 is 12.0 Å². The molecule has 0 saturated carbocycles. The molecule has 0 bridgehead atoms. The Morgan fingerprint density at radius 1 is 1.35 bits per heavy atom. The summed E-state index contributed by atoms with van der Waals surface area (Å²) in [6, 6.07) is -0.136. The van der Waals surface area contributed by atoms with E-state index in [2.05, 4.69) is 24.1 Å². The third kappa shape index (κ3) is 5.36. The number of nitrogens with one attached hydrogen (secondary N) is 1. The van der Waals surface area contributed by atoms with Crippen LogP contribution in [0.3, 0.4) is 0 Å². The quantitative estimate of drug-likeness (QED) is 0.738. The van der Waals surface area contributed by atoms with Gasteiger partial charge >= 0.3 is 12.0 Å². The van der Waals surface area contributed by atoms with Crippen molar-refractivity contribution in [3.05, 3.63) is 0 Å². The fourth-order valence-electron chi connectivity index (χ4n) is 2.54. The van der Waals surface area contributed by atoms with E-state index in [1.54, 1.807) is 4.90 Å². The number of amides is 2. The summed E-state index contributed by atoms with van der Waals surface area (Å²) in [5.41, 5.74) is 0. The van der Waals surface area contributed by atoms with Gasteiger partial charge in [0.2, 0.25) is 0 Å². The lowest BCUT2D eigenvalue weighted by Crippen LogP contribution is -2.48. The summed E-state index contributed by atoms with van der Waals surface area (Å²) < 4.78 is 0. The first-order valence-electron chi connectivity index (χ1n) is 7.56. The number of carbonyl (C=O) groups excluding carboxylic acids is 1. The average Bonchev–Trinajstić information content (AvgIpc) is 2.46. The van der Waals surface area contributed by atoms with E-state index in [0.29, 0.717) is 26.1 Å². The number of carboxylic acid groups (broad SMARTS) is 1. The van der Waals surface area contributed by atoms with Crippen molar-refractivity contribution < 1.29 is 14.7 Å². The molecular weight excluding hydrogens is 258 g/mol. The molecule has 6 nitrogen and oxygen atoms in total. The number of rotatable bonds is 7. The van der Waals surface area contributed by atoms with Crippen LogP contribution < -0.4 is 5.32 Å². The van der Waals surface area contributed by atoms with E-state index in [0.717, 1.165) is 32.5 Å². The molecule has 0 aromatic heterocycles. The SMILES string of the molecule is CCCN(CC)CCNC(=O)N1CCC[C@@H](C(=O)O)C1. The molecule has 2 amide bonds. The van der Waals surface area contributed by atoms with E-state index < -0.39 is 11.9 Å². The third-order valence-electron chi connectivity index (χ3n) is 3.75. The standard InChI is InChI=1S/C14H27N3O3/c1-3-8-16(4-2)10-7-15-14(20)17-9-5-6-12(11-17)13(18)19/h12H,3-11H2,1-2H3,(H,15,20)(H,18,19)/t12-/m1/s1. The smallest absolute Gasteiger partial charge is 0.317 e. The summed E-state index contributed by atoms with van der Waals surface area (Å²) in [6.07, 6.45) is 2.54. The second kappa shape index (κ2) is 8.79. The molecule has 6 heteroatoms. The van der Waals surface area contributed by atoms with E-state index >= 15 is 0 Å². The number of nitrogens with zero attached hydrogens (tertiary/aromatic N) is 2. The highest BCUT2D eigenvalue weighted by molar-refractivity contribution is 5.76. The number of likely N-dealkylation sites (N-methyl/N-ethyl adjacent to an activating group) is 1. The van der Waals surface area contributed by atoms with Crippen LogP contribution in [-0.4, -0.2) is 66.2 Å². The van der Waals surface area contributed by atoms with Crippen LogP contribution in [0.2, 0.25) is 0 Å². The van der Waals surface area contributed by atoms with Crippen LogP contribution in [-0.2, 0) is 4.79 Å². The van der Waals surface area contributed by atoms with Crippen molar-refractivity contribution in [2.75, 3.05) is 39.3 Å². The maximum absolute atomic E-state index is 12.0. The first-order valence-corrected chi connectivity index (χ1v) is 7.56. The minimum absolute atomic E-state index is 0.136. The first kappa shape index (κ1) is 16.8. The van der Waals surface area contributed by atoms with E-state index in [4.69, 9.17) is 5.11 Å². The molecule has 1 aliphatic heterocycles. The van der Waals surface area contributed by atoms with Crippen LogP contribution in [0.5, 0.6) is 0 Å². The summed E-state index contributed by atoms with van der Waals surface area (Å²) in [7, 11) is 0. The zero-order valence-electron chi connectivity index (χ0n) is 12.6. The third-order valence-corrected chi connectivity index (χ3v) is 3.75. The van der Waals surface area contributed by atoms with Crippen LogP contribution >= 0.6 is 0 Å². The maximum Gasteiger partial charge on any atom is 0.317 e. The second-order valence-electron chi connectivity index (χ2n) is 5.29. The monoisotopic (exact) mass is 285 g/mol. The Bertz CT molecular complexity index is 323. The van der Waals surface area contributed by atoms with E-state index in [9.17, 15) is 9.59 Å². The van der Waals surface area contributed by atoms with Crippen molar-refractivity contribution in [1.82, 2.24) is 15.1 Å². The van der Waals surface area contributed by atoms with Gasteiger partial charge < -0.3 is 20.2 Å². The van der Waals surface area contributed by atoms with Crippen molar-refractivity contribution in [3.63, 3.8) is 0 Å². The van der Waals surface area contributed by atoms with Gasteiger partial charge in [-0.05, 0) is 32.4 Å². The molecule has 20 heavy (non-hydrogen) atoms. The molecule has 0 radical (unpaired) electrons. The molecule has 0 aromatic rings. The molecule has 0 spiro atoms. The Morgan fingerprint density at radius 2 is 2.10 bits per heavy atom. The zero-order chi connectivity index (χ0) is 15.0. The minimum atomic E-state index is -0.803. The molecule has 1 fully saturated rings. The summed E-state index contributed by atoms with van der Waals surface area (Å²) in [5.74, 6) is -1.22. The van der Waals surface area contributed by atoms with Crippen molar-refractivity contribution in [3.8, 4) is 0 Å². The van der Waals surface area contributed by atoms with Crippen molar-refractivity contribution in [2.45, 2.75) is 33.1 Å². The predicted molar refractivity (Wildman–Crippen MR) is 77.7 cm³/mol. The van der Waals surface area contributed by atoms with Crippen LogP contribution in [0.1, 0.15) is 33.1 Å². The molecule has 0 aromatic carbocycles. The first-order chi connectivity index (χ1) is 9.58. The largest absolute Gasteiger partial charge is 0.481 e. The Morgan fingerprint density at radius 3 is 2.70 bits per heavy atom. The van der Waals surface area contributed by atoms with Crippen LogP contribution in [0, 0.1) is 5.92 Å². The number of aliphatic carboxylic acids is 1. The number of hydrogen-bond acceptors (Lipinski definition) is 3. The number of carbonyl (C=O) groups is 2. The summed E-state index contributed by atoms with van der Waals surface area (Å²) >= 11 is 0. The minimum Gasteiger partial charge on any atom is -0.481 e. The van der Waals surface area contributed by atoms with Gasteiger partial charge in [-0.2, -0.15) is 0 Å². The van der Waals surface area contributed by atoms with Crippen molar-refractivity contribution in [1.29, 1.82) is 0 Å². The Hall–Kier alpha value is -1.30. The zero-order valence-corrected chi connectivity index (χ0v) is 12.6. The van der Waals surface area contributed by atoms with Crippen molar-refractivity contribution in [2.24, 2.45) is 5.92 Å². The van der Waals surface area contributed by atoms with Gasteiger partial charge in [-0.3, -0.25) is 4.79 Å². The molecule has 1 rings (SSSR count). The van der Waals surface area contributed by atoms with E-state index in [-0.39, 0.29) is 6.03 Å². The fourth-order valence-corrected chi connectivity index (χ4v) is 2.54. The molecule has 1 heterocycles. The van der Waals surface area contributed by atoms with Crippen LogP contribution in [0.4, 0.5) is 4.79 Å². The Labute approximate surface area is 121 Å². The lowest BCUT2D eigenvalue weighted by atomic mass is 9.99. The number of urea groups is 1. The summed E-state index contributed by atoms with van der Waals surface area (Å²) in [4.78, 5) is 26.9. The van der Waals surface area contributed by atoms with Gasteiger partial charge in [0.15, 0.2) is 0 Å². The molecular formula is C14H27N3O3. The molecule has 2 N–H and O–H groups in total. The molecule has 1 atom stereocenters. The predicted octanol–water partition coefficient (Wildman–Crippen LogP) is 1.22. The molecule has 1 saturated heterocycles. The van der Waals surface area contributed by atoms with Gasteiger partial charge in [0, 0.05) is 26.2 Å². The van der Waals surface area contributed by atoms with E-state index in [1.165, 1.54) is 0 Å². The van der Waals surface area contributed by atoms with Gasteiger partial charge in [0.25, 0.3) is 0 Å². The molecule has 116 valence electrons. The van der Waals surface area contributed by atoms with Gasteiger partial charge in [-0.25, -0.2) is 4.79 Å². The second-order valence-corrected chi connectivity index (χ2v) is 5.29. The maximum atomic E-state index is 12.0. The Kier molecular flexibility index (Phi) is 7.36. The number of carboxylic acids is 1. The number of likely N-dealkylation sites (tertiary alicyclic amines) is 1. The van der Waals surface area contributed by atoms with Gasteiger partial charge in [-0.15, -0.1) is 0 Å². The van der Waals surface area contributed by atoms with E-state index in [1.807, 2.05) is 0 Å². The average molecular weight is 285 g/mol. The lowest BCUT2D eigenvalue weighted by Gasteiger charge is -2.31. The number of hydrogen-bond donors (Lipinski definition) is 2. The highest BCUT2D eigenvalue weighted by Gasteiger charge is 2.27. The normalized spacial score (nSPS) is 19.1. The molecule has 0 unspecified atom stereocenters. The van der Waals surface area contributed by atoms with Gasteiger partial charge in [-0.1, -0.05) is 13.8 Å². The Balaban J connectivity index is 2.29. The fraction of sp³-hybridized carbons (Fsp3) is 0.857. The molecule has 1 aliphatic rings. The van der Waals surface area contributed by atoms with Crippen LogP contribution in [0.25, 0.3) is 0 Å². The van der Waals surface area contributed by atoms with Gasteiger partial charge in [0.1, 0.15) is 0 Å². The molecule has 0 aliphatic carbocycles.